The summed E-state index contributed by atoms with van der Waals surface area (Å²) >= 11 is 6.06. The molecule has 1 amide bonds. The summed E-state index contributed by atoms with van der Waals surface area (Å²) < 4.78 is 11.5. The van der Waals surface area contributed by atoms with Gasteiger partial charge in [-0.05, 0) is 47.2 Å². The van der Waals surface area contributed by atoms with Gasteiger partial charge in [0.1, 0.15) is 23.9 Å². The average Bonchev–Trinajstić information content (AvgIpc) is 3.17. The Labute approximate surface area is 200 Å². The zero-order chi connectivity index (χ0) is 24.2. The first-order valence-corrected chi connectivity index (χ1v) is 10.6. The number of aromatic amines is 1. The zero-order valence-corrected chi connectivity index (χ0v) is 18.9. The summed E-state index contributed by atoms with van der Waals surface area (Å²) in [5.41, 5.74) is 6.90. The number of ether oxygens (including phenoxy) is 2. The highest BCUT2D eigenvalue weighted by atomic mass is 35.5. The van der Waals surface area contributed by atoms with Gasteiger partial charge in [-0.3, -0.25) is 14.9 Å². The maximum atomic E-state index is 12.0. The van der Waals surface area contributed by atoms with Crippen LogP contribution in [0, 0.1) is 0 Å². The molecule has 4 aromatic rings. The predicted octanol–water partition coefficient (Wildman–Crippen LogP) is 3.59. The Morgan fingerprint density at radius 3 is 2.74 bits per heavy atom. The van der Waals surface area contributed by atoms with Crippen LogP contribution in [0.2, 0.25) is 5.02 Å². The molecule has 2 heterocycles. The van der Waals surface area contributed by atoms with Crippen LogP contribution in [-0.4, -0.2) is 27.7 Å². The minimum atomic E-state index is -0.607. The average molecular weight is 473 g/mol. The predicted molar refractivity (Wildman–Crippen MR) is 134 cm³/mol. The van der Waals surface area contributed by atoms with Crippen molar-refractivity contribution in [1.82, 2.24) is 15.2 Å². The van der Waals surface area contributed by atoms with E-state index in [2.05, 4.69) is 34.9 Å². The number of hydrogen-bond donors (Lipinski definition) is 2. The second kappa shape index (κ2) is 9.64. The third-order valence-electron chi connectivity index (χ3n) is 4.99. The fraction of sp³-hybridized carbons (Fsp3) is 0.0385. The van der Waals surface area contributed by atoms with E-state index in [-0.39, 0.29) is 12.2 Å². The lowest BCUT2D eigenvalue weighted by molar-refractivity contribution is 0.0997. The highest BCUT2D eigenvalue weighted by Gasteiger charge is 2.14. The number of amides is 1. The highest BCUT2D eigenvalue weighted by molar-refractivity contribution is 6.31. The summed E-state index contributed by atoms with van der Waals surface area (Å²) in [7, 11) is 0. The zero-order valence-electron chi connectivity index (χ0n) is 18.2. The number of H-pyrrole nitrogens is 1. The molecule has 3 N–H and O–H groups in total. The molecule has 0 fully saturated rings. The van der Waals surface area contributed by atoms with Crippen LogP contribution in [0.25, 0.3) is 29.0 Å². The van der Waals surface area contributed by atoms with Crippen molar-refractivity contribution in [3.05, 3.63) is 101 Å². The molecule has 0 aliphatic heterocycles. The molecule has 0 aliphatic rings. The van der Waals surface area contributed by atoms with E-state index >= 15 is 0 Å². The van der Waals surface area contributed by atoms with Crippen molar-refractivity contribution in [2.45, 2.75) is 0 Å². The van der Waals surface area contributed by atoms with Gasteiger partial charge in [0.25, 0.3) is 5.91 Å². The molecule has 170 valence electrons. The normalized spacial score (nSPS) is 11.4. The van der Waals surface area contributed by atoms with Gasteiger partial charge >= 0.3 is 0 Å². The summed E-state index contributed by atoms with van der Waals surface area (Å²) in [6.07, 6.45) is 4.92. The van der Waals surface area contributed by atoms with Crippen molar-refractivity contribution in [2.24, 2.45) is 5.73 Å². The van der Waals surface area contributed by atoms with Crippen LogP contribution in [0.4, 0.5) is 0 Å². The molecular weight excluding hydrogens is 452 g/mol. The van der Waals surface area contributed by atoms with E-state index in [4.69, 9.17) is 26.8 Å². The first-order chi connectivity index (χ1) is 16.3. The molecule has 0 saturated heterocycles. The summed E-state index contributed by atoms with van der Waals surface area (Å²) in [5, 5.41) is 10.6. The number of aromatic nitrogens is 3. The van der Waals surface area contributed by atoms with E-state index in [1.54, 1.807) is 54.9 Å². The molecule has 34 heavy (non-hydrogen) atoms. The van der Waals surface area contributed by atoms with Gasteiger partial charge in [-0.15, -0.1) is 0 Å². The Morgan fingerprint density at radius 1 is 1.18 bits per heavy atom. The standard InChI is InChI=1S/C26H21ClN4O3/c1-15(14-33-24-12-18-6-7-20(27)10-19(18)11-22(24)26(28)32)25-17(3)23(30-31-25)9-16(2)34-21-5-4-8-29-13-21/h4-13,30H,1-3,14H2,(H2,28,32)/b23-9+. The van der Waals surface area contributed by atoms with Crippen molar-refractivity contribution < 1.29 is 14.3 Å². The number of halogens is 1. The quantitative estimate of drug-likeness (QED) is 0.381. The van der Waals surface area contributed by atoms with E-state index in [0.717, 1.165) is 10.8 Å². The van der Waals surface area contributed by atoms with Gasteiger partial charge in [0.05, 0.1) is 22.8 Å². The summed E-state index contributed by atoms with van der Waals surface area (Å²) in [6, 6.07) is 12.3. The van der Waals surface area contributed by atoms with Gasteiger partial charge in [-0.1, -0.05) is 37.4 Å². The molecule has 0 radical (unpaired) electrons. The number of carbonyl (C=O) groups is 1. The van der Waals surface area contributed by atoms with Gasteiger partial charge in [0.2, 0.25) is 0 Å². The van der Waals surface area contributed by atoms with Gasteiger partial charge in [0.15, 0.2) is 0 Å². The number of nitrogens with two attached hydrogens (primary N) is 1. The fourth-order valence-corrected chi connectivity index (χ4v) is 3.51. The van der Waals surface area contributed by atoms with E-state index < -0.39 is 5.91 Å². The Balaban J connectivity index is 1.52. The Bertz CT molecular complexity index is 1530. The van der Waals surface area contributed by atoms with Crippen LogP contribution in [0.15, 0.2) is 73.8 Å². The van der Waals surface area contributed by atoms with E-state index in [1.807, 2.05) is 6.07 Å². The molecule has 2 aromatic carbocycles. The molecule has 0 aliphatic carbocycles. The Morgan fingerprint density at radius 2 is 2.00 bits per heavy atom. The largest absolute Gasteiger partial charge is 0.488 e. The van der Waals surface area contributed by atoms with E-state index in [0.29, 0.717) is 44.1 Å². The number of fused-ring (bicyclic) bond motifs is 1. The first kappa shape index (κ1) is 22.8. The highest BCUT2D eigenvalue weighted by Crippen LogP contribution is 2.28. The van der Waals surface area contributed by atoms with Gasteiger partial charge in [-0.2, -0.15) is 5.10 Å². The molecule has 2 aromatic heterocycles. The molecule has 0 spiro atoms. The van der Waals surface area contributed by atoms with Crippen LogP contribution < -0.4 is 25.8 Å². The number of allylic oxidation sites excluding steroid dienone is 1. The number of pyridine rings is 1. The number of nitrogens with zero attached hydrogens (tertiary/aromatic N) is 2. The lowest BCUT2D eigenvalue weighted by atomic mass is 10.1. The fourth-order valence-electron chi connectivity index (χ4n) is 3.33. The maximum absolute atomic E-state index is 12.0. The molecule has 7 nitrogen and oxygen atoms in total. The van der Waals surface area contributed by atoms with Crippen LogP contribution in [0.3, 0.4) is 0 Å². The molecule has 4 rings (SSSR count). The monoisotopic (exact) mass is 472 g/mol. The summed E-state index contributed by atoms with van der Waals surface area (Å²) in [4.78, 5) is 16.0. The molecule has 8 heteroatoms. The smallest absolute Gasteiger partial charge is 0.252 e. The maximum Gasteiger partial charge on any atom is 0.252 e. The second-order valence-electron chi connectivity index (χ2n) is 7.46. The van der Waals surface area contributed by atoms with Gasteiger partial charge in [0, 0.05) is 28.1 Å². The minimum Gasteiger partial charge on any atom is -0.488 e. The molecule has 0 saturated carbocycles. The van der Waals surface area contributed by atoms with Crippen molar-refractivity contribution in [3.63, 3.8) is 0 Å². The number of benzene rings is 2. The lowest BCUT2D eigenvalue weighted by Gasteiger charge is -2.12. The lowest BCUT2D eigenvalue weighted by Crippen LogP contribution is -2.24. The Hall–Kier alpha value is -4.36. The molecule has 0 atom stereocenters. The third-order valence-corrected chi connectivity index (χ3v) is 5.23. The van der Waals surface area contributed by atoms with Crippen LogP contribution in [0.1, 0.15) is 16.1 Å². The third kappa shape index (κ3) is 5.00. The van der Waals surface area contributed by atoms with Crippen LogP contribution in [-0.2, 0) is 0 Å². The van der Waals surface area contributed by atoms with Gasteiger partial charge in [-0.25, -0.2) is 0 Å². The van der Waals surface area contributed by atoms with Crippen LogP contribution in [0.5, 0.6) is 11.5 Å². The first-order valence-electron chi connectivity index (χ1n) is 10.2. The summed E-state index contributed by atoms with van der Waals surface area (Å²) in [6.45, 7) is 12.1. The molecule has 0 bridgehead atoms. The topological polar surface area (TPSA) is 103 Å². The second-order valence-corrected chi connectivity index (χ2v) is 7.90. The number of nitrogens with one attached hydrogen (secondary N) is 1. The SMILES string of the molecule is C=C(/C=c1/[nH]nc(C(=C)COc2cc3ccc(Cl)cc3cc2C(N)=O)c1=C)Oc1cccnc1. The van der Waals surface area contributed by atoms with Crippen molar-refractivity contribution in [2.75, 3.05) is 6.61 Å². The molecule has 0 unspecified atom stereocenters. The number of carbonyl (C=O) groups excluding carboxylic acids is 1. The van der Waals surface area contributed by atoms with E-state index in [9.17, 15) is 4.79 Å². The number of rotatable bonds is 8. The van der Waals surface area contributed by atoms with Crippen molar-refractivity contribution in [1.29, 1.82) is 0 Å². The van der Waals surface area contributed by atoms with Crippen molar-refractivity contribution >= 4 is 46.5 Å². The van der Waals surface area contributed by atoms with Gasteiger partial charge < -0.3 is 15.2 Å². The summed E-state index contributed by atoms with van der Waals surface area (Å²) in [5.74, 6) is 0.686. The Kier molecular flexibility index (Phi) is 6.47. The van der Waals surface area contributed by atoms with Crippen LogP contribution >= 0.6 is 11.6 Å². The van der Waals surface area contributed by atoms with E-state index in [1.165, 1.54) is 0 Å². The minimum absolute atomic E-state index is 0.0688. The number of hydrogen-bond acceptors (Lipinski definition) is 5. The molecular formula is C26H21ClN4O3. The van der Waals surface area contributed by atoms with Crippen molar-refractivity contribution in [3.8, 4) is 11.5 Å². The number of primary amides is 1.